The topological polar surface area (TPSA) is 44.8 Å². The van der Waals surface area contributed by atoms with Gasteiger partial charge in [-0.05, 0) is 11.5 Å². The van der Waals surface area contributed by atoms with Crippen molar-refractivity contribution in [3.63, 3.8) is 0 Å². The van der Waals surface area contributed by atoms with E-state index in [1.54, 1.807) is 25.3 Å². The summed E-state index contributed by atoms with van der Waals surface area (Å²) in [5, 5.41) is 0. The zero-order chi connectivity index (χ0) is 20.2. The second-order valence-corrected chi connectivity index (χ2v) is 5.67. The zero-order valence-corrected chi connectivity index (χ0v) is 16.2. The molecule has 0 saturated heterocycles. The summed E-state index contributed by atoms with van der Waals surface area (Å²) in [6.45, 7) is 0.311. The molecule has 0 radical (unpaired) electrons. The van der Waals surface area contributed by atoms with Crippen LogP contribution in [0.1, 0.15) is 11.1 Å². The average molecular weight is 374 g/mol. The van der Waals surface area contributed by atoms with Gasteiger partial charge in [0.05, 0.1) is 7.11 Å². The molecule has 0 amide bonds. The van der Waals surface area contributed by atoms with E-state index in [9.17, 15) is 4.79 Å². The molecule has 0 N–H and O–H groups in total. The Labute approximate surface area is 166 Å². The normalized spacial score (nSPS) is 12.6. The molecule has 28 heavy (non-hydrogen) atoms. The number of hydrogen-bond acceptors (Lipinski definition) is 4. The van der Waals surface area contributed by atoms with Crippen molar-refractivity contribution in [2.75, 3.05) is 27.9 Å². The lowest BCUT2D eigenvalue weighted by Gasteiger charge is -2.24. The van der Waals surface area contributed by atoms with Gasteiger partial charge in [-0.25, -0.2) is 4.79 Å². The first-order chi connectivity index (χ1) is 13.7. The van der Waals surface area contributed by atoms with Gasteiger partial charge in [-0.2, -0.15) is 0 Å². The van der Waals surface area contributed by atoms with Crippen LogP contribution in [0.5, 0.6) is 0 Å². The molecule has 0 bridgehead atoms. The number of carbonyl (C=O) groups excluding carboxylic acids is 1. The molecule has 0 aliphatic carbocycles. The standard InChI is InChI=1S/C24H22O4/c1-26-19-11-15-21(20-12-6-4-7-13-20)14-10-18-24(28-3,23(25)27-2)22-16-8-5-9-17-22/h4-9,12-14,16-17H,19H2,1-3H3/b21-14-. The fourth-order valence-corrected chi connectivity index (χ4v) is 2.53. The van der Waals surface area contributed by atoms with Gasteiger partial charge in [-0.1, -0.05) is 78.4 Å². The predicted molar refractivity (Wildman–Crippen MR) is 109 cm³/mol. The molecule has 0 aliphatic heterocycles. The monoisotopic (exact) mass is 374 g/mol. The van der Waals surface area contributed by atoms with Crippen molar-refractivity contribution >= 4 is 11.5 Å². The summed E-state index contributed by atoms with van der Waals surface area (Å²) in [7, 11) is 4.32. The highest BCUT2D eigenvalue weighted by molar-refractivity contribution is 5.86. The van der Waals surface area contributed by atoms with Gasteiger partial charge in [-0.15, -0.1) is 0 Å². The molecule has 2 rings (SSSR count). The van der Waals surface area contributed by atoms with E-state index >= 15 is 0 Å². The van der Waals surface area contributed by atoms with Crippen molar-refractivity contribution < 1.29 is 19.0 Å². The maximum atomic E-state index is 12.5. The molecule has 0 aliphatic rings. The smallest absolute Gasteiger partial charge is 0.355 e. The van der Waals surface area contributed by atoms with Crippen LogP contribution in [0, 0.1) is 23.7 Å². The van der Waals surface area contributed by atoms with Gasteiger partial charge in [0, 0.05) is 31.4 Å². The predicted octanol–water partition coefficient (Wildman–Crippen LogP) is 3.44. The summed E-state index contributed by atoms with van der Waals surface area (Å²) in [4.78, 5) is 12.5. The van der Waals surface area contributed by atoms with Crippen LogP contribution in [0.2, 0.25) is 0 Å². The summed E-state index contributed by atoms with van der Waals surface area (Å²) >= 11 is 0. The summed E-state index contributed by atoms with van der Waals surface area (Å²) in [5.74, 6) is 11.2. The fraction of sp³-hybridized carbons (Fsp3) is 0.208. The van der Waals surface area contributed by atoms with Crippen molar-refractivity contribution in [2.45, 2.75) is 5.60 Å². The Morgan fingerprint density at radius 3 is 2.21 bits per heavy atom. The fourth-order valence-electron chi connectivity index (χ4n) is 2.53. The summed E-state index contributed by atoms with van der Waals surface area (Å²) < 4.78 is 15.5. The third kappa shape index (κ3) is 5.11. The SMILES string of the molecule is COCC#C/C(=C/C#CC(OC)(C(=O)OC)c1ccccc1)c1ccccc1. The minimum absolute atomic E-state index is 0.311. The molecule has 0 heterocycles. The number of carbonyl (C=O) groups is 1. The van der Waals surface area contributed by atoms with Crippen LogP contribution in [0.15, 0.2) is 66.7 Å². The second-order valence-electron chi connectivity index (χ2n) is 5.67. The molecule has 0 fully saturated rings. The highest BCUT2D eigenvalue weighted by atomic mass is 16.6. The maximum absolute atomic E-state index is 12.5. The largest absolute Gasteiger partial charge is 0.466 e. The molecule has 2 aromatic carbocycles. The first-order valence-corrected chi connectivity index (χ1v) is 8.63. The number of methoxy groups -OCH3 is 3. The van der Waals surface area contributed by atoms with E-state index in [1.807, 2.05) is 48.5 Å². The summed E-state index contributed by atoms with van der Waals surface area (Å²) in [6, 6.07) is 18.7. The molecule has 142 valence electrons. The average Bonchev–Trinajstić information content (AvgIpc) is 2.76. The zero-order valence-electron chi connectivity index (χ0n) is 16.2. The van der Waals surface area contributed by atoms with E-state index in [-0.39, 0.29) is 0 Å². The lowest BCUT2D eigenvalue weighted by atomic mass is 9.94. The summed E-state index contributed by atoms with van der Waals surface area (Å²) in [6.07, 6.45) is 1.66. The van der Waals surface area contributed by atoms with Crippen molar-refractivity contribution in [2.24, 2.45) is 0 Å². The minimum atomic E-state index is -1.52. The van der Waals surface area contributed by atoms with E-state index in [4.69, 9.17) is 14.2 Å². The maximum Gasteiger partial charge on any atom is 0.355 e. The van der Waals surface area contributed by atoms with Crippen LogP contribution < -0.4 is 0 Å². The highest BCUT2D eigenvalue weighted by Gasteiger charge is 2.40. The highest BCUT2D eigenvalue weighted by Crippen LogP contribution is 2.26. The first kappa shape index (κ1) is 21.0. The van der Waals surface area contributed by atoms with E-state index in [1.165, 1.54) is 14.2 Å². The Bertz CT molecular complexity index is 925. The van der Waals surface area contributed by atoms with Gasteiger partial charge >= 0.3 is 5.97 Å². The van der Waals surface area contributed by atoms with E-state index < -0.39 is 11.6 Å². The molecule has 4 heteroatoms. The van der Waals surface area contributed by atoms with Crippen LogP contribution in [0.3, 0.4) is 0 Å². The molecule has 1 atom stereocenters. The molecule has 1 unspecified atom stereocenters. The molecule has 0 aromatic heterocycles. The van der Waals surface area contributed by atoms with E-state index in [0.29, 0.717) is 17.7 Å². The van der Waals surface area contributed by atoms with E-state index in [0.717, 1.165) is 5.56 Å². The van der Waals surface area contributed by atoms with Crippen molar-refractivity contribution in [1.29, 1.82) is 0 Å². The van der Waals surface area contributed by atoms with Crippen molar-refractivity contribution in [3.8, 4) is 23.7 Å². The van der Waals surface area contributed by atoms with Crippen LogP contribution in [-0.2, 0) is 24.6 Å². The molecule has 2 aromatic rings. The Morgan fingerprint density at radius 2 is 1.64 bits per heavy atom. The first-order valence-electron chi connectivity index (χ1n) is 8.63. The number of rotatable bonds is 5. The van der Waals surface area contributed by atoms with Gasteiger partial charge in [0.15, 0.2) is 0 Å². The van der Waals surface area contributed by atoms with E-state index in [2.05, 4.69) is 23.7 Å². The number of hydrogen-bond donors (Lipinski definition) is 0. The number of ether oxygens (including phenoxy) is 3. The Hall–Kier alpha value is -3.31. The lowest BCUT2D eigenvalue weighted by Crippen LogP contribution is -2.37. The number of benzene rings is 2. The summed E-state index contributed by atoms with van der Waals surface area (Å²) in [5.41, 5.74) is 0.708. The second kappa shape index (κ2) is 10.7. The van der Waals surface area contributed by atoms with Gasteiger partial charge in [0.2, 0.25) is 0 Å². The van der Waals surface area contributed by atoms with Crippen LogP contribution in [-0.4, -0.2) is 33.9 Å². The number of esters is 1. The molecule has 0 spiro atoms. The third-order valence-corrected chi connectivity index (χ3v) is 3.95. The Balaban J connectivity index is 2.51. The van der Waals surface area contributed by atoms with Crippen molar-refractivity contribution in [3.05, 3.63) is 77.9 Å². The third-order valence-electron chi connectivity index (χ3n) is 3.95. The van der Waals surface area contributed by atoms with Gasteiger partial charge in [0.1, 0.15) is 6.61 Å². The van der Waals surface area contributed by atoms with Gasteiger partial charge < -0.3 is 14.2 Å². The van der Waals surface area contributed by atoms with Crippen LogP contribution in [0.4, 0.5) is 0 Å². The van der Waals surface area contributed by atoms with Gasteiger partial charge in [0.25, 0.3) is 5.60 Å². The molecule has 4 nitrogen and oxygen atoms in total. The minimum Gasteiger partial charge on any atom is -0.466 e. The Morgan fingerprint density at radius 1 is 1.00 bits per heavy atom. The lowest BCUT2D eigenvalue weighted by molar-refractivity contribution is -0.160. The Kier molecular flexibility index (Phi) is 8.06. The molecular weight excluding hydrogens is 352 g/mol. The van der Waals surface area contributed by atoms with Crippen molar-refractivity contribution in [1.82, 2.24) is 0 Å². The van der Waals surface area contributed by atoms with Crippen LogP contribution >= 0.6 is 0 Å². The molecule has 0 saturated carbocycles. The van der Waals surface area contributed by atoms with Crippen LogP contribution in [0.25, 0.3) is 5.57 Å². The number of allylic oxidation sites excluding steroid dienone is 2. The van der Waals surface area contributed by atoms with Gasteiger partial charge in [-0.3, -0.25) is 0 Å². The quantitative estimate of drug-likeness (QED) is 0.594. The molecular formula is C24H22O4.